The predicted octanol–water partition coefficient (Wildman–Crippen LogP) is 2.49. The average molecular weight is 310 g/mol. The molecule has 0 bridgehead atoms. The summed E-state index contributed by atoms with van der Waals surface area (Å²) in [6.45, 7) is 8.01. The van der Waals surface area contributed by atoms with Crippen molar-refractivity contribution in [2.75, 3.05) is 6.54 Å². The summed E-state index contributed by atoms with van der Waals surface area (Å²) >= 11 is 0. The van der Waals surface area contributed by atoms with Crippen molar-refractivity contribution in [3.8, 4) is 0 Å². The highest BCUT2D eigenvalue weighted by Gasteiger charge is 2.29. The molecule has 1 aliphatic carbocycles. The minimum Gasteiger partial charge on any atom is -0.354 e. The smallest absolute Gasteiger partial charge is 0.228 e. The van der Waals surface area contributed by atoms with E-state index in [-0.39, 0.29) is 29.7 Å². The van der Waals surface area contributed by atoms with Gasteiger partial charge in [-0.05, 0) is 45.4 Å². The Morgan fingerprint density at radius 3 is 1.91 bits per heavy atom. The minimum absolute atomic E-state index is 0.0795. The van der Waals surface area contributed by atoms with Crippen LogP contribution >= 0.6 is 0 Å². The third kappa shape index (κ3) is 5.43. The topological polar surface area (TPSA) is 66.5 Å². The van der Waals surface area contributed by atoms with Gasteiger partial charge in [0.15, 0.2) is 0 Å². The predicted molar refractivity (Wildman–Crippen MR) is 86.0 cm³/mol. The van der Waals surface area contributed by atoms with E-state index in [1.165, 1.54) is 4.90 Å². The lowest BCUT2D eigenvalue weighted by Crippen LogP contribution is -2.42. The second kappa shape index (κ2) is 8.91. The lowest BCUT2D eigenvalue weighted by molar-refractivity contribution is -0.145. The van der Waals surface area contributed by atoms with Crippen molar-refractivity contribution in [2.45, 2.75) is 72.3 Å². The molecule has 0 aromatic rings. The van der Waals surface area contributed by atoms with Crippen LogP contribution in [0.4, 0.5) is 0 Å². The molecule has 0 radical (unpaired) electrons. The number of hydrogen-bond acceptors (Lipinski definition) is 3. The van der Waals surface area contributed by atoms with Crippen molar-refractivity contribution in [1.29, 1.82) is 0 Å². The van der Waals surface area contributed by atoms with E-state index >= 15 is 0 Å². The van der Waals surface area contributed by atoms with Gasteiger partial charge in [-0.2, -0.15) is 0 Å². The SMILES string of the molecule is CCC(=O)N(CC1CCC(C(=O)NC(C)C)CC1)C(=O)CC. The zero-order valence-electron chi connectivity index (χ0n) is 14.4. The summed E-state index contributed by atoms with van der Waals surface area (Å²) < 4.78 is 0. The van der Waals surface area contributed by atoms with Crippen LogP contribution in [0.1, 0.15) is 66.2 Å². The molecular formula is C17H30N2O3. The highest BCUT2D eigenvalue weighted by molar-refractivity contribution is 5.95. The summed E-state index contributed by atoms with van der Waals surface area (Å²) in [5.74, 6) is 0.363. The van der Waals surface area contributed by atoms with Crippen LogP contribution in [0.3, 0.4) is 0 Å². The summed E-state index contributed by atoms with van der Waals surface area (Å²) in [6, 6.07) is 0.171. The summed E-state index contributed by atoms with van der Waals surface area (Å²) in [6.07, 6.45) is 4.21. The molecule has 22 heavy (non-hydrogen) atoms. The molecule has 1 rings (SSSR count). The van der Waals surface area contributed by atoms with Crippen molar-refractivity contribution in [3.05, 3.63) is 0 Å². The highest BCUT2D eigenvalue weighted by atomic mass is 16.2. The Labute approximate surface area is 133 Å². The van der Waals surface area contributed by atoms with Crippen LogP contribution in [0.5, 0.6) is 0 Å². The minimum atomic E-state index is -0.0912. The van der Waals surface area contributed by atoms with E-state index in [1.807, 2.05) is 13.8 Å². The number of imide groups is 1. The number of nitrogens with one attached hydrogen (secondary N) is 1. The van der Waals surface area contributed by atoms with Crippen molar-refractivity contribution >= 4 is 17.7 Å². The monoisotopic (exact) mass is 310 g/mol. The normalized spacial score (nSPS) is 21.5. The average Bonchev–Trinajstić information content (AvgIpc) is 2.51. The van der Waals surface area contributed by atoms with E-state index in [2.05, 4.69) is 5.32 Å². The fraction of sp³-hybridized carbons (Fsp3) is 0.824. The first-order chi connectivity index (χ1) is 10.4. The summed E-state index contributed by atoms with van der Waals surface area (Å²) in [4.78, 5) is 37.3. The van der Waals surface area contributed by atoms with Crippen LogP contribution in [0.2, 0.25) is 0 Å². The molecule has 3 amide bonds. The van der Waals surface area contributed by atoms with Crippen LogP contribution < -0.4 is 5.32 Å². The Hall–Kier alpha value is -1.39. The third-order valence-corrected chi connectivity index (χ3v) is 4.30. The number of rotatable bonds is 6. The van der Waals surface area contributed by atoms with Gasteiger partial charge >= 0.3 is 0 Å². The lowest BCUT2D eigenvalue weighted by atomic mass is 9.81. The largest absolute Gasteiger partial charge is 0.354 e. The van der Waals surface area contributed by atoms with Crippen LogP contribution in [0, 0.1) is 11.8 Å². The second-order valence-corrected chi connectivity index (χ2v) is 6.49. The Bertz CT molecular complexity index is 383. The van der Waals surface area contributed by atoms with Gasteiger partial charge in [-0.25, -0.2) is 0 Å². The van der Waals surface area contributed by atoms with E-state index in [4.69, 9.17) is 0 Å². The van der Waals surface area contributed by atoms with Gasteiger partial charge in [0, 0.05) is 31.3 Å². The zero-order valence-corrected chi connectivity index (χ0v) is 14.4. The number of amides is 3. The zero-order chi connectivity index (χ0) is 16.7. The van der Waals surface area contributed by atoms with Crippen LogP contribution in [0.25, 0.3) is 0 Å². The molecule has 0 aromatic heterocycles. The molecule has 0 aliphatic heterocycles. The lowest BCUT2D eigenvalue weighted by Gasteiger charge is -2.31. The number of nitrogens with zero attached hydrogens (tertiary/aromatic N) is 1. The quantitative estimate of drug-likeness (QED) is 0.819. The van der Waals surface area contributed by atoms with Gasteiger partial charge in [0.2, 0.25) is 17.7 Å². The van der Waals surface area contributed by atoms with Crippen LogP contribution in [-0.2, 0) is 14.4 Å². The van der Waals surface area contributed by atoms with Gasteiger partial charge in [0.25, 0.3) is 0 Å². The Morgan fingerprint density at radius 2 is 1.50 bits per heavy atom. The maximum Gasteiger partial charge on any atom is 0.228 e. The van der Waals surface area contributed by atoms with Gasteiger partial charge < -0.3 is 5.32 Å². The molecule has 1 aliphatic rings. The van der Waals surface area contributed by atoms with Gasteiger partial charge in [-0.15, -0.1) is 0 Å². The van der Waals surface area contributed by atoms with E-state index in [0.717, 1.165) is 25.7 Å². The van der Waals surface area contributed by atoms with Crippen molar-refractivity contribution < 1.29 is 14.4 Å². The molecule has 0 spiro atoms. The third-order valence-electron chi connectivity index (χ3n) is 4.30. The summed E-state index contributed by atoms with van der Waals surface area (Å²) in [7, 11) is 0. The van der Waals surface area contributed by atoms with Crippen molar-refractivity contribution in [1.82, 2.24) is 10.2 Å². The maximum atomic E-state index is 12.0. The first-order valence-electron chi connectivity index (χ1n) is 8.52. The Morgan fingerprint density at radius 1 is 1.00 bits per heavy atom. The standard InChI is InChI=1S/C17H30N2O3/c1-5-15(20)19(16(21)6-2)11-13-7-9-14(10-8-13)17(22)18-12(3)4/h12-14H,5-11H2,1-4H3,(H,18,22). The maximum absolute atomic E-state index is 12.0. The molecule has 1 N–H and O–H groups in total. The molecule has 0 atom stereocenters. The van der Waals surface area contributed by atoms with Crippen molar-refractivity contribution in [2.24, 2.45) is 11.8 Å². The molecule has 5 nitrogen and oxygen atoms in total. The van der Waals surface area contributed by atoms with Gasteiger partial charge in [-0.3, -0.25) is 19.3 Å². The molecule has 0 unspecified atom stereocenters. The molecule has 1 saturated carbocycles. The Kier molecular flexibility index (Phi) is 7.56. The summed E-state index contributed by atoms with van der Waals surface area (Å²) in [5, 5.41) is 2.97. The van der Waals surface area contributed by atoms with Gasteiger partial charge in [-0.1, -0.05) is 13.8 Å². The molecule has 5 heteroatoms. The molecule has 126 valence electrons. The summed E-state index contributed by atoms with van der Waals surface area (Å²) in [5.41, 5.74) is 0. The van der Waals surface area contributed by atoms with Crippen LogP contribution in [-0.4, -0.2) is 35.2 Å². The van der Waals surface area contributed by atoms with Gasteiger partial charge in [0.05, 0.1) is 0 Å². The van der Waals surface area contributed by atoms with Crippen LogP contribution in [0.15, 0.2) is 0 Å². The molecule has 0 aromatic carbocycles. The molecule has 1 fully saturated rings. The van der Waals surface area contributed by atoms with E-state index in [1.54, 1.807) is 13.8 Å². The first-order valence-corrected chi connectivity index (χ1v) is 8.52. The van der Waals surface area contributed by atoms with E-state index in [9.17, 15) is 14.4 Å². The van der Waals surface area contributed by atoms with E-state index < -0.39 is 0 Å². The Balaban J connectivity index is 2.51. The number of carbonyl (C=O) groups excluding carboxylic acids is 3. The first kappa shape index (κ1) is 18.7. The molecule has 0 saturated heterocycles. The molecule has 0 heterocycles. The molecular weight excluding hydrogens is 280 g/mol. The number of carbonyl (C=O) groups is 3. The fourth-order valence-corrected chi connectivity index (χ4v) is 2.99. The fourth-order valence-electron chi connectivity index (χ4n) is 2.99. The second-order valence-electron chi connectivity index (χ2n) is 6.49. The highest BCUT2D eigenvalue weighted by Crippen LogP contribution is 2.30. The van der Waals surface area contributed by atoms with Crippen molar-refractivity contribution in [3.63, 3.8) is 0 Å². The van der Waals surface area contributed by atoms with Gasteiger partial charge in [0.1, 0.15) is 0 Å². The number of hydrogen-bond donors (Lipinski definition) is 1. The van der Waals surface area contributed by atoms with E-state index in [0.29, 0.717) is 25.3 Å².